The molecule has 0 bridgehead atoms. The van der Waals surface area contributed by atoms with E-state index in [4.69, 9.17) is 26.1 Å². The number of rotatable bonds is 3. The van der Waals surface area contributed by atoms with Gasteiger partial charge >= 0.3 is 5.69 Å². The lowest BCUT2D eigenvalue weighted by Crippen LogP contribution is -2.56. The number of hydrogen-bond donors (Lipinski definition) is 0. The molecule has 3 aliphatic heterocycles. The van der Waals surface area contributed by atoms with Gasteiger partial charge in [0.1, 0.15) is 28.7 Å². The Morgan fingerprint density at radius 2 is 2.03 bits per heavy atom. The maximum atomic E-state index is 15.0. The van der Waals surface area contributed by atoms with Crippen LogP contribution in [0.5, 0.6) is 5.75 Å². The number of benzene rings is 1. The summed E-state index contributed by atoms with van der Waals surface area (Å²) in [7, 11) is 0. The fourth-order valence-corrected chi connectivity index (χ4v) is 6.20. The quantitative estimate of drug-likeness (QED) is 0.453. The second kappa shape index (κ2) is 9.60. The number of pyridine rings is 1. The highest BCUT2D eigenvalue weighted by atomic mass is 35.5. The summed E-state index contributed by atoms with van der Waals surface area (Å²) in [5.41, 5.74) is -0.155. The van der Waals surface area contributed by atoms with Crippen molar-refractivity contribution in [2.45, 2.75) is 44.4 Å². The van der Waals surface area contributed by atoms with Gasteiger partial charge in [-0.15, -0.1) is 0 Å². The number of ether oxygens (including phenoxy) is 2. The second-order valence-corrected chi connectivity index (χ2v) is 11.1. The van der Waals surface area contributed by atoms with Gasteiger partial charge in [-0.25, -0.2) is 14.2 Å². The topological polar surface area (TPSA) is 89.8 Å². The van der Waals surface area contributed by atoms with Crippen LogP contribution in [-0.2, 0) is 9.53 Å². The van der Waals surface area contributed by atoms with Crippen molar-refractivity contribution in [3.05, 3.63) is 58.2 Å². The van der Waals surface area contributed by atoms with E-state index in [1.807, 2.05) is 18.7 Å². The fourth-order valence-electron chi connectivity index (χ4n) is 5.91. The van der Waals surface area contributed by atoms with Crippen LogP contribution >= 0.6 is 11.6 Å². The number of aromatic nitrogens is 3. The van der Waals surface area contributed by atoms with Gasteiger partial charge in [-0.05, 0) is 44.9 Å². The Bertz CT molecular complexity index is 1560. The molecule has 0 aliphatic carbocycles. The molecule has 1 amide bonds. The average molecular weight is 554 g/mol. The van der Waals surface area contributed by atoms with Crippen LogP contribution in [0.25, 0.3) is 22.3 Å². The molecule has 3 aromatic rings. The molecule has 0 radical (unpaired) electrons. The number of nitrogens with zero attached hydrogens (tertiary/aromatic N) is 5. The van der Waals surface area contributed by atoms with Gasteiger partial charge < -0.3 is 19.3 Å². The Hall–Kier alpha value is -3.50. The number of amides is 1. The highest BCUT2D eigenvalue weighted by molar-refractivity contribution is 6.36. The van der Waals surface area contributed by atoms with Crippen molar-refractivity contribution in [3.63, 3.8) is 0 Å². The van der Waals surface area contributed by atoms with E-state index in [9.17, 15) is 9.59 Å². The number of anilines is 1. The third-order valence-electron chi connectivity index (χ3n) is 7.76. The molecule has 3 aliphatic rings. The van der Waals surface area contributed by atoms with E-state index < -0.39 is 17.1 Å². The lowest BCUT2D eigenvalue weighted by Gasteiger charge is -2.40. The summed E-state index contributed by atoms with van der Waals surface area (Å²) in [6.07, 6.45) is 2.46. The summed E-state index contributed by atoms with van der Waals surface area (Å²) < 4.78 is 28.8. The molecular weight excluding hydrogens is 525 g/mol. The molecular formula is C28H29ClFN5O4. The summed E-state index contributed by atoms with van der Waals surface area (Å²) in [5.74, 6) is 0.0563. The number of fused-ring (bicyclic) bond motifs is 2. The summed E-state index contributed by atoms with van der Waals surface area (Å²) in [6, 6.07) is 5.72. The van der Waals surface area contributed by atoms with Gasteiger partial charge in [0.05, 0.1) is 17.3 Å². The molecule has 0 N–H and O–H groups in total. The summed E-state index contributed by atoms with van der Waals surface area (Å²) in [6.45, 7) is 9.48. The minimum atomic E-state index is -0.488. The monoisotopic (exact) mass is 553 g/mol. The first-order valence-corrected chi connectivity index (χ1v) is 13.4. The fraction of sp³-hybridized carbons (Fsp3) is 0.429. The standard InChI is InChI=1S/C28H29ClFN5O4/c1-4-20(36)33-10-11-34-17(14-33)15-38-24-21-25(34)32-27(37)35(16-9-12-39-28(2,3)13-16)26(21)31-23(22(24)29)18-7-5-6-8-19(18)30/h4-8,16-17H,1,9-15H2,2-3H3/t16-,17+/m0/s1. The van der Waals surface area contributed by atoms with Crippen LogP contribution in [0.3, 0.4) is 0 Å². The van der Waals surface area contributed by atoms with Crippen molar-refractivity contribution < 1.29 is 18.7 Å². The van der Waals surface area contributed by atoms with E-state index in [0.29, 0.717) is 61.7 Å². The van der Waals surface area contributed by atoms with Gasteiger partial charge in [-0.3, -0.25) is 9.36 Å². The highest BCUT2D eigenvalue weighted by Gasteiger charge is 2.39. The Labute approximate surface area is 229 Å². The van der Waals surface area contributed by atoms with E-state index in [2.05, 4.69) is 11.6 Å². The Balaban J connectivity index is 1.60. The van der Waals surface area contributed by atoms with Gasteiger partial charge in [-0.1, -0.05) is 30.3 Å². The maximum Gasteiger partial charge on any atom is 0.351 e. The molecule has 11 heteroatoms. The van der Waals surface area contributed by atoms with Crippen LogP contribution in [0.15, 0.2) is 41.7 Å². The van der Waals surface area contributed by atoms with Crippen molar-refractivity contribution in [2.24, 2.45) is 0 Å². The maximum absolute atomic E-state index is 15.0. The van der Waals surface area contributed by atoms with E-state index in [1.54, 1.807) is 27.7 Å². The number of hydrogen-bond acceptors (Lipinski definition) is 7. The molecule has 204 valence electrons. The van der Waals surface area contributed by atoms with Gasteiger partial charge in [0.2, 0.25) is 5.91 Å². The van der Waals surface area contributed by atoms with E-state index >= 15 is 4.39 Å². The lowest BCUT2D eigenvalue weighted by molar-refractivity contribution is -0.126. The van der Waals surface area contributed by atoms with E-state index in [1.165, 1.54) is 12.1 Å². The average Bonchev–Trinajstić information content (AvgIpc) is 3.07. The van der Waals surface area contributed by atoms with Gasteiger partial charge in [0.15, 0.2) is 11.4 Å². The molecule has 9 nitrogen and oxygen atoms in total. The van der Waals surface area contributed by atoms with Crippen LogP contribution in [0.1, 0.15) is 32.7 Å². The summed E-state index contributed by atoms with van der Waals surface area (Å²) in [4.78, 5) is 39.2. The van der Waals surface area contributed by atoms with Crippen molar-refractivity contribution in [1.29, 1.82) is 0 Å². The van der Waals surface area contributed by atoms with E-state index in [-0.39, 0.29) is 40.9 Å². The SMILES string of the molecule is C=CC(=O)N1CCN2c3nc(=O)n([C@H]4CCOC(C)(C)C4)c4nc(-c5ccccc5F)c(Cl)c(c34)OC[C@H]2C1. The third-order valence-corrected chi connectivity index (χ3v) is 8.11. The smallest absolute Gasteiger partial charge is 0.351 e. The first-order valence-electron chi connectivity index (χ1n) is 13.0. The van der Waals surface area contributed by atoms with Gasteiger partial charge in [0.25, 0.3) is 0 Å². The van der Waals surface area contributed by atoms with Crippen molar-refractivity contribution in [1.82, 2.24) is 19.4 Å². The molecule has 0 spiro atoms. The third kappa shape index (κ3) is 4.35. The molecule has 39 heavy (non-hydrogen) atoms. The minimum Gasteiger partial charge on any atom is -0.489 e. The van der Waals surface area contributed by atoms with Crippen molar-refractivity contribution >= 4 is 34.4 Å². The molecule has 5 heterocycles. The first-order chi connectivity index (χ1) is 18.7. The normalized spacial score (nSPS) is 22.2. The Morgan fingerprint density at radius 1 is 1.23 bits per heavy atom. The first kappa shape index (κ1) is 25.8. The Morgan fingerprint density at radius 3 is 2.77 bits per heavy atom. The summed E-state index contributed by atoms with van der Waals surface area (Å²) in [5, 5.41) is 0.655. The predicted molar refractivity (Wildman–Crippen MR) is 146 cm³/mol. The molecule has 0 unspecified atom stereocenters. The number of carbonyl (C=O) groups is 1. The lowest BCUT2D eigenvalue weighted by atomic mass is 9.93. The van der Waals surface area contributed by atoms with Crippen molar-refractivity contribution in [2.75, 3.05) is 37.7 Å². The zero-order chi connectivity index (χ0) is 27.5. The van der Waals surface area contributed by atoms with Crippen LogP contribution in [0.2, 0.25) is 5.02 Å². The second-order valence-electron chi connectivity index (χ2n) is 10.8. The molecule has 1 aromatic carbocycles. The van der Waals surface area contributed by atoms with Gasteiger partial charge in [-0.2, -0.15) is 4.98 Å². The number of halogens is 2. The van der Waals surface area contributed by atoms with Gasteiger partial charge in [0, 0.05) is 37.8 Å². The molecule has 2 fully saturated rings. The Kier molecular flexibility index (Phi) is 6.34. The van der Waals surface area contributed by atoms with Crippen LogP contribution in [-0.4, -0.2) is 69.8 Å². The number of carbonyl (C=O) groups excluding carboxylic acids is 1. The molecule has 6 rings (SSSR count). The van der Waals surface area contributed by atoms with Crippen LogP contribution < -0.4 is 15.3 Å². The molecule has 2 aromatic heterocycles. The minimum absolute atomic E-state index is 0.145. The summed E-state index contributed by atoms with van der Waals surface area (Å²) >= 11 is 6.91. The zero-order valence-electron chi connectivity index (χ0n) is 21.8. The number of piperazine rings is 1. The van der Waals surface area contributed by atoms with Crippen LogP contribution in [0, 0.1) is 5.82 Å². The predicted octanol–water partition coefficient (Wildman–Crippen LogP) is 3.98. The van der Waals surface area contributed by atoms with Crippen molar-refractivity contribution in [3.8, 4) is 17.0 Å². The molecule has 2 saturated heterocycles. The van der Waals surface area contributed by atoms with Crippen LogP contribution in [0.4, 0.5) is 10.2 Å². The molecule has 2 atom stereocenters. The largest absolute Gasteiger partial charge is 0.489 e. The zero-order valence-corrected chi connectivity index (χ0v) is 22.6. The molecule has 0 saturated carbocycles. The van der Waals surface area contributed by atoms with E-state index in [0.717, 1.165) is 0 Å². The highest BCUT2D eigenvalue weighted by Crippen LogP contribution is 2.46.